The lowest BCUT2D eigenvalue weighted by molar-refractivity contribution is -0.139. The minimum absolute atomic E-state index is 0.103. The number of piperazine rings is 1. The standard InChI is InChI=1S/C18H19F3N2O3S/c1-26-15-6-4-5-14(13-15)22-9-11-23(12-10-22)27(24,25)17-8-3-2-7-16(17)18(19,20)21/h2-8,13H,9-12H2,1H3. The van der Waals surface area contributed by atoms with Crippen LogP contribution in [0, 0.1) is 0 Å². The van der Waals surface area contributed by atoms with Gasteiger partial charge in [-0.1, -0.05) is 18.2 Å². The summed E-state index contributed by atoms with van der Waals surface area (Å²) in [5.41, 5.74) is -0.262. The molecule has 1 saturated heterocycles. The van der Waals surface area contributed by atoms with Gasteiger partial charge in [-0.2, -0.15) is 17.5 Å². The Balaban J connectivity index is 1.80. The first-order chi connectivity index (χ1) is 12.7. The van der Waals surface area contributed by atoms with Crippen LogP contribution in [0.3, 0.4) is 0 Å². The van der Waals surface area contributed by atoms with Crippen LogP contribution in [-0.2, 0) is 16.2 Å². The van der Waals surface area contributed by atoms with E-state index in [4.69, 9.17) is 4.74 Å². The van der Waals surface area contributed by atoms with Gasteiger partial charge in [0.25, 0.3) is 0 Å². The van der Waals surface area contributed by atoms with E-state index in [1.165, 1.54) is 12.1 Å². The second-order valence-corrected chi connectivity index (χ2v) is 7.99. The molecule has 27 heavy (non-hydrogen) atoms. The molecule has 1 aliphatic heterocycles. The van der Waals surface area contributed by atoms with Crippen LogP contribution in [0.4, 0.5) is 18.9 Å². The molecular formula is C18H19F3N2O3S. The van der Waals surface area contributed by atoms with Gasteiger partial charge < -0.3 is 9.64 Å². The molecule has 146 valence electrons. The number of nitrogens with zero attached hydrogens (tertiary/aromatic N) is 2. The first-order valence-electron chi connectivity index (χ1n) is 8.29. The lowest BCUT2D eigenvalue weighted by atomic mass is 10.2. The zero-order chi connectivity index (χ0) is 19.7. The van der Waals surface area contributed by atoms with Crippen molar-refractivity contribution in [3.8, 4) is 5.75 Å². The number of rotatable bonds is 4. The zero-order valence-electron chi connectivity index (χ0n) is 14.6. The second kappa shape index (κ2) is 7.40. The minimum Gasteiger partial charge on any atom is -0.497 e. The van der Waals surface area contributed by atoms with Crippen molar-refractivity contribution < 1.29 is 26.3 Å². The highest BCUT2D eigenvalue weighted by molar-refractivity contribution is 7.89. The van der Waals surface area contributed by atoms with E-state index >= 15 is 0 Å². The molecule has 3 rings (SSSR count). The predicted molar refractivity (Wildman–Crippen MR) is 95.4 cm³/mol. The first kappa shape index (κ1) is 19.5. The Bertz CT molecular complexity index is 908. The van der Waals surface area contributed by atoms with E-state index < -0.39 is 26.7 Å². The normalized spacial score (nSPS) is 16.4. The Labute approximate surface area is 156 Å². The number of hydrogen-bond acceptors (Lipinski definition) is 4. The molecule has 0 spiro atoms. The van der Waals surface area contributed by atoms with E-state index in [1.54, 1.807) is 13.2 Å². The van der Waals surface area contributed by atoms with Crippen molar-refractivity contribution in [3.63, 3.8) is 0 Å². The van der Waals surface area contributed by atoms with Crippen LogP contribution < -0.4 is 9.64 Å². The highest BCUT2D eigenvalue weighted by Gasteiger charge is 2.39. The van der Waals surface area contributed by atoms with E-state index in [-0.39, 0.29) is 13.1 Å². The van der Waals surface area contributed by atoms with Crippen molar-refractivity contribution in [1.29, 1.82) is 0 Å². The van der Waals surface area contributed by atoms with E-state index in [1.807, 2.05) is 23.1 Å². The summed E-state index contributed by atoms with van der Waals surface area (Å²) in [6.07, 6.45) is -4.73. The monoisotopic (exact) mass is 400 g/mol. The molecule has 1 aliphatic rings. The summed E-state index contributed by atoms with van der Waals surface area (Å²) >= 11 is 0. The van der Waals surface area contributed by atoms with Crippen molar-refractivity contribution in [2.75, 3.05) is 38.2 Å². The van der Waals surface area contributed by atoms with Crippen molar-refractivity contribution in [2.24, 2.45) is 0 Å². The van der Waals surface area contributed by atoms with Gasteiger partial charge >= 0.3 is 6.18 Å². The predicted octanol–water partition coefficient (Wildman–Crippen LogP) is 3.22. The maximum atomic E-state index is 13.2. The van der Waals surface area contributed by atoms with E-state index in [2.05, 4.69) is 0 Å². The number of sulfonamides is 1. The van der Waals surface area contributed by atoms with Gasteiger partial charge in [0.05, 0.1) is 17.6 Å². The maximum Gasteiger partial charge on any atom is 0.417 e. The lowest BCUT2D eigenvalue weighted by Gasteiger charge is -2.35. The number of methoxy groups -OCH3 is 1. The van der Waals surface area contributed by atoms with Crippen molar-refractivity contribution >= 4 is 15.7 Å². The van der Waals surface area contributed by atoms with Gasteiger partial charge in [-0.05, 0) is 24.3 Å². The van der Waals surface area contributed by atoms with Gasteiger partial charge in [-0.25, -0.2) is 8.42 Å². The van der Waals surface area contributed by atoms with Crippen LogP contribution in [-0.4, -0.2) is 46.0 Å². The molecule has 0 saturated carbocycles. The lowest BCUT2D eigenvalue weighted by Crippen LogP contribution is -2.49. The minimum atomic E-state index is -4.73. The fourth-order valence-corrected chi connectivity index (χ4v) is 4.69. The number of halogens is 3. The summed E-state index contributed by atoms with van der Waals surface area (Å²) in [6.45, 7) is 0.957. The summed E-state index contributed by atoms with van der Waals surface area (Å²) in [6, 6.07) is 11.6. The molecule has 0 N–H and O–H groups in total. The summed E-state index contributed by atoms with van der Waals surface area (Å²) in [5.74, 6) is 0.682. The Morgan fingerprint density at radius 3 is 2.26 bits per heavy atom. The smallest absolute Gasteiger partial charge is 0.417 e. The second-order valence-electron chi connectivity index (χ2n) is 6.09. The van der Waals surface area contributed by atoms with Crippen LogP contribution in [0.5, 0.6) is 5.75 Å². The van der Waals surface area contributed by atoms with Gasteiger partial charge in [0, 0.05) is 37.9 Å². The van der Waals surface area contributed by atoms with Crippen molar-refractivity contribution in [2.45, 2.75) is 11.1 Å². The number of hydrogen-bond donors (Lipinski definition) is 0. The van der Waals surface area contributed by atoms with Crippen LogP contribution in [0.2, 0.25) is 0 Å². The Morgan fingerprint density at radius 2 is 1.63 bits per heavy atom. The molecule has 0 aromatic heterocycles. The topological polar surface area (TPSA) is 49.9 Å². The van der Waals surface area contributed by atoms with Crippen LogP contribution in [0.1, 0.15) is 5.56 Å². The molecule has 2 aromatic carbocycles. The van der Waals surface area contributed by atoms with Crippen molar-refractivity contribution in [3.05, 3.63) is 54.1 Å². The molecule has 0 atom stereocenters. The molecule has 2 aromatic rings. The molecule has 1 heterocycles. The average Bonchev–Trinajstić information content (AvgIpc) is 2.67. The number of benzene rings is 2. The van der Waals surface area contributed by atoms with Crippen LogP contribution in [0.15, 0.2) is 53.4 Å². The molecule has 0 bridgehead atoms. The maximum absolute atomic E-state index is 13.2. The van der Waals surface area contributed by atoms with Gasteiger partial charge in [0.1, 0.15) is 5.75 Å². The van der Waals surface area contributed by atoms with E-state index in [9.17, 15) is 21.6 Å². The average molecular weight is 400 g/mol. The largest absolute Gasteiger partial charge is 0.497 e. The molecule has 9 heteroatoms. The molecule has 0 radical (unpaired) electrons. The van der Waals surface area contributed by atoms with Gasteiger partial charge in [-0.15, -0.1) is 0 Å². The summed E-state index contributed by atoms with van der Waals surface area (Å²) in [7, 11) is -2.68. The summed E-state index contributed by atoms with van der Waals surface area (Å²) in [5, 5.41) is 0. The van der Waals surface area contributed by atoms with Crippen LogP contribution in [0.25, 0.3) is 0 Å². The highest BCUT2D eigenvalue weighted by atomic mass is 32.2. The Kier molecular flexibility index (Phi) is 5.34. The summed E-state index contributed by atoms with van der Waals surface area (Å²) in [4.78, 5) is 1.27. The molecule has 0 amide bonds. The molecular weight excluding hydrogens is 381 g/mol. The third-order valence-corrected chi connectivity index (χ3v) is 6.42. The van der Waals surface area contributed by atoms with Crippen molar-refractivity contribution in [1.82, 2.24) is 4.31 Å². The Morgan fingerprint density at radius 1 is 0.963 bits per heavy atom. The number of anilines is 1. The zero-order valence-corrected chi connectivity index (χ0v) is 15.4. The molecule has 0 aliphatic carbocycles. The number of alkyl halides is 3. The quantitative estimate of drug-likeness (QED) is 0.791. The molecule has 1 fully saturated rings. The highest BCUT2D eigenvalue weighted by Crippen LogP contribution is 2.35. The third-order valence-electron chi connectivity index (χ3n) is 4.47. The van der Waals surface area contributed by atoms with Gasteiger partial charge in [0.2, 0.25) is 10.0 Å². The summed E-state index contributed by atoms with van der Waals surface area (Å²) < 4.78 is 71.5. The van der Waals surface area contributed by atoms with Crippen LogP contribution >= 0.6 is 0 Å². The SMILES string of the molecule is COc1cccc(N2CCN(S(=O)(=O)c3ccccc3C(F)(F)F)CC2)c1. The first-order valence-corrected chi connectivity index (χ1v) is 9.73. The fourth-order valence-electron chi connectivity index (χ4n) is 3.06. The third kappa shape index (κ3) is 4.03. The number of ether oxygens (including phenoxy) is 1. The fraction of sp³-hybridized carbons (Fsp3) is 0.333. The van der Waals surface area contributed by atoms with Gasteiger partial charge in [0.15, 0.2) is 0 Å². The van der Waals surface area contributed by atoms with Gasteiger partial charge in [-0.3, -0.25) is 0 Å². The van der Waals surface area contributed by atoms with E-state index in [0.29, 0.717) is 18.8 Å². The molecule has 5 nitrogen and oxygen atoms in total. The Hall–Kier alpha value is -2.26. The molecule has 0 unspecified atom stereocenters. The van der Waals surface area contributed by atoms with E-state index in [0.717, 1.165) is 22.1 Å².